The van der Waals surface area contributed by atoms with Gasteiger partial charge in [-0.15, -0.1) is 0 Å². The first kappa shape index (κ1) is 13.5. The maximum Gasteiger partial charge on any atom is 0.255 e. The zero-order chi connectivity index (χ0) is 14.0. The molecule has 1 aromatic rings. The van der Waals surface area contributed by atoms with Gasteiger partial charge in [0.05, 0.1) is 24.1 Å². The molecule has 2 fully saturated rings. The highest BCUT2D eigenvalue weighted by Gasteiger charge is 2.46. The summed E-state index contributed by atoms with van der Waals surface area (Å²) in [5.41, 5.74) is 1.07. The lowest BCUT2D eigenvalue weighted by molar-refractivity contribution is -0.0980. The van der Waals surface area contributed by atoms with E-state index in [0.29, 0.717) is 17.1 Å². The van der Waals surface area contributed by atoms with Gasteiger partial charge < -0.3 is 9.64 Å². The van der Waals surface area contributed by atoms with Gasteiger partial charge in [0, 0.05) is 19.7 Å². The number of nitrogens with zero attached hydrogens (tertiary/aromatic N) is 3. The van der Waals surface area contributed by atoms with Crippen molar-refractivity contribution >= 4 is 5.91 Å². The molecule has 2 heterocycles. The van der Waals surface area contributed by atoms with Gasteiger partial charge in [0.2, 0.25) is 0 Å². The van der Waals surface area contributed by atoms with E-state index in [2.05, 4.69) is 17.1 Å². The van der Waals surface area contributed by atoms with Gasteiger partial charge >= 0.3 is 0 Å². The molecule has 1 amide bonds. The molecule has 108 valence electrons. The number of amides is 1. The SMILES string of the molecule is CCOC1CC2(CCN(C(=O)c3ccnnc3)CC2)C1. The highest BCUT2D eigenvalue weighted by atomic mass is 16.5. The van der Waals surface area contributed by atoms with Crippen LogP contribution in [0, 0.1) is 5.41 Å². The molecular formula is C15H21N3O2. The fourth-order valence-electron chi connectivity index (χ4n) is 3.45. The maximum atomic E-state index is 12.3. The van der Waals surface area contributed by atoms with Gasteiger partial charge in [-0.25, -0.2) is 0 Å². The third kappa shape index (κ3) is 2.54. The van der Waals surface area contributed by atoms with Crippen LogP contribution < -0.4 is 0 Å². The van der Waals surface area contributed by atoms with Crippen LogP contribution >= 0.6 is 0 Å². The van der Waals surface area contributed by atoms with E-state index in [9.17, 15) is 4.79 Å². The van der Waals surface area contributed by atoms with Gasteiger partial charge in [0.15, 0.2) is 0 Å². The van der Waals surface area contributed by atoms with E-state index < -0.39 is 0 Å². The molecule has 5 nitrogen and oxygen atoms in total. The molecule has 5 heteroatoms. The predicted molar refractivity (Wildman–Crippen MR) is 74.3 cm³/mol. The number of hydrogen-bond donors (Lipinski definition) is 0. The molecule has 1 aliphatic heterocycles. The molecule has 0 radical (unpaired) electrons. The van der Waals surface area contributed by atoms with Crippen LogP contribution in [0.5, 0.6) is 0 Å². The van der Waals surface area contributed by atoms with Crippen LogP contribution in [0.4, 0.5) is 0 Å². The van der Waals surface area contributed by atoms with Crippen LogP contribution in [0.3, 0.4) is 0 Å². The Kier molecular flexibility index (Phi) is 3.70. The average Bonchev–Trinajstić information content (AvgIpc) is 2.47. The standard InChI is InChI=1S/C15H21N3O2/c1-2-20-13-9-15(10-13)4-7-18(8-5-15)14(19)12-3-6-16-17-11-12/h3,6,11,13H,2,4-5,7-10H2,1H3. The van der Waals surface area contributed by atoms with Crippen LogP contribution in [0.15, 0.2) is 18.5 Å². The lowest BCUT2D eigenvalue weighted by Gasteiger charge is -2.51. The van der Waals surface area contributed by atoms with Gasteiger partial charge in [-0.05, 0) is 44.1 Å². The highest BCUT2D eigenvalue weighted by molar-refractivity contribution is 5.93. The molecule has 0 N–H and O–H groups in total. The van der Waals surface area contributed by atoms with E-state index in [4.69, 9.17) is 4.74 Å². The Morgan fingerprint density at radius 3 is 2.75 bits per heavy atom. The largest absolute Gasteiger partial charge is 0.378 e. The van der Waals surface area contributed by atoms with Crippen LogP contribution in [-0.2, 0) is 4.74 Å². The van der Waals surface area contributed by atoms with Crippen LogP contribution in [0.2, 0.25) is 0 Å². The molecule has 0 bridgehead atoms. The van der Waals surface area contributed by atoms with Gasteiger partial charge in [-0.1, -0.05) is 0 Å². The molecule has 1 aliphatic carbocycles. The minimum Gasteiger partial charge on any atom is -0.378 e. The Labute approximate surface area is 119 Å². The number of carbonyl (C=O) groups is 1. The lowest BCUT2D eigenvalue weighted by Crippen LogP contribution is -2.51. The average molecular weight is 275 g/mol. The molecule has 1 saturated heterocycles. The number of rotatable bonds is 3. The monoisotopic (exact) mass is 275 g/mol. The fraction of sp³-hybridized carbons (Fsp3) is 0.667. The van der Waals surface area contributed by atoms with Crippen molar-refractivity contribution in [3.05, 3.63) is 24.0 Å². The quantitative estimate of drug-likeness (QED) is 0.845. The summed E-state index contributed by atoms with van der Waals surface area (Å²) in [4.78, 5) is 14.3. The second kappa shape index (κ2) is 5.48. The maximum absolute atomic E-state index is 12.3. The number of likely N-dealkylation sites (tertiary alicyclic amines) is 1. The highest BCUT2D eigenvalue weighted by Crippen LogP contribution is 2.50. The molecule has 3 rings (SSSR count). The number of carbonyl (C=O) groups excluding carboxylic acids is 1. The first-order chi connectivity index (χ1) is 9.72. The van der Waals surface area contributed by atoms with Gasteiger partial charge in [-0.2, -0.15) is 10.2 Å². The summed E-state index contributed by atoms with van der Waals surface area (Å²) in [6.07, 6.45) is 8.09. The molecule has 1 aromatic heterocycles. The van der Waals surface area contributed by atoms with Crippen molar-refractivity contribution in [1.82, 2.24) is 15.1 Å². The Balaban J connectivity index is 1.53. The predicted octanol–water partition coefficient (Wildman–Crippen LogP) is 1.90. The molecule has 0 unspecified atom stereocenters. The molecule has 20 heavy (non-hydrogen) atoms. The molecule has 1 spiro atoms. The van der Waals surface area contributed by atoms with E-state index in [0.717, 1.165) is 32.5 Å². The van der Waals surface area contributed by atoms with Crippen molar-refractivity contribution in [3.8, 4) is 0 Å². The first-order valence-corrected chi connectivity index (χ1v) is 7.40. The zero-order valence-corrected chi connectivity index (χ0v) is 11.9. The second-order valence-corrected chi connectivity index (χ2v) is 5.91. The van der Waals surface area contributed by atoms with Crippen molar-refractivity contribution in [2.45, 2.75) is 38.7 Å². The Morgan fingerprint density at radius 2 is 2.15 bits per heavy atom. The van der Waals surface area contributed by atoms with Crippen LogP contribution in [0.25, 0.3) is 0 Å². The van der Waals surface area contributed by atoms with E-state index in [1.165, 1.54) is 12.8 Å². The third-order valence-electron chi connectivity index (χ3n) is 4.67. The van der Waals surface area contributed by atoms with Crippen molar-refractivity contribution in [2.24, 2.45) is 5.41 Å². The first-order valence-electron chi connectivity index (χ1n) is 7.40. The normalized spacial score (nSPS) is 21.8. The Hall–Kier alpha value is -1.49. The van der Waals surface area contributed by atoms with Crippen LogP contribution in [0.1, 0.15) is 43.0 Å². The number of hydrogen-bond acceptors (Lipinski definition) is 4. The zero-order valence-electron chi connectivity index (χ0n) is 11.9. The van der Waals surface area contributed by atoms with E-state index >= 15 is 0 Å². The fourth-order valence-corrected chi connectivity index (χ4v) is 3.45. The smallest absolute Gasteiger partial charge is 0.255 e. The van der Waals surface area contributed by atoms with Gasteiger partial charge in [0.25, 0.3) is 5.91 Å². The Bertz CT molecular complexity index is 461. The van der Waals surface area contributed by atoms with Crippen molar-refractivity contribution < 1.29 is 9.53 Å². The molecule has 1 saturated carbocycles. The summed E-state index contributed by atoms with van der Waals surface area (Å²) in [6, 6.07) is 1.73. The summed E-state index contributed by atoms with van der Waals surface area (Å²) in [6.45, 7) is 4.55. The molecular weight excluding hydrogens is 254 g/mol. The van der Waals surface area contributed by atoms with E-state index in [-0.39, 0.29) is 5.91 Å². The van der Waals surface area contributed by atoms with Crippen LogP contribution in [-0.4, -0.2) is 46.8 Å². The summed E-state index contributed by atoms with van der Waals surface area (Å²) in [5, 5.41) is 7.48. The molecule has 0 aromatic carbocycles. The van der Waals surface area contributed by atoms with E-state index in [1.807, 2.05) is 4.90 Å². The second-order valence-electron chi connectivity index (χ2n) is 5.91. The van der Waals surface area contributed by atoms with Crippen molar-refractivity contribution in [3.63, 3.8) is 0 Å². The minimum atomic E-state index is 0.0791. The number of ether oxygens (including phenoxy) is 1. The number of piperidine rings is 1. The van der Waals surface area contributed by atoms with Crippen molar-refractivity contribution in [1.29, 1.82) is 0 Å². The lowest BCUT2D eigenvalue weighted by atomic mass is 9.61. The number of aromatic nitrogens is 2. The third-order valence-corrected chi connectivity index (χ3v) is 4.67. The van der Waals surface area contributed by atoms with Gasteiger partial charge in [-0.3, -0.25) is 4.79 Å². The topological polar surface area (TPSA) is 55.3 Å². The summed E-state index contributed by atoms with van der Waals surface area (Å²) >= 11 is 0. The van der Waals surface area contributed by atoms with E-state index in [1.54, 1.807) is 18.5 Å². The van der Waals surface area contributed by atoms with Gasteiger partial charge in [0.1, 0.15) is 0 Å². The minimum absolute atomic E-state index is 0.0791. The summed E-state index contributed by atoms with van der Waals surface area (Å²) < 4.78 is 5.65. The summed E-state index contributed by atoms with van der Waals surface area (Å²) in [7, 11) is 0. The summed E-state index contributed by atoms with van der Waals surface area (Å²) in [5.74, 6) is 0.0791. The molecule has 0 atom stereocenters. The Morgan fingerprint density at radius 1 is 1.40 bits per heavy atom. The van der Waals surface area contributed by atoms with Crippen molar-refractivity contribution in [2.75, 3.05) is 19.7 Å². The molecule has 2 aliphatic rings.